The number of hydrogen-bond acceptors (Lipinski definition) is 5. The lowest BCUT2D eigenvalue weighted by Crippen LogP contribution is -2.17. The van der Waals surface area contributed by atoms with Crippen molar-refractivity contribution >= 4 is 65.1 Å². The van der Waals surface area contributed by atoms with E-state index in [1.54, 1.807) is 18.3 Å². The number of benzene rings is 1. The molecule has 6 nitrogen and oxygen atoms in total. The lowest BCUT2D eigenvalue weighted by Gasteiger charge is -2.17. The summed E-state index contributed by atoms with van der Waals surface area (Å²) in [4.78, 5) is 9.53. The first-order valence-corrected chi connectivity index (χ1v) is 15.1. The van der Waals surface area contributed by atoms with Gasteiger partial charge < -0.3 is 10.6 Å². The van der Waals surface area contributed by atoms with Crippen LogP contribution >= 0.6 is 47.8 Å². The zero-order valence-corrected chi connectivity index (χ0v) is 24.8. The molecule has 0 aliphatic heterocycles. The quantitative estimate of drug-likeness (QED) is 0.212. The van der Waals surface area contributed by atoms with Crippen molar-refractivity contribution in [2.45, 2.75) is 63.5 Å². The monoisotopic (exact) mass is 690 g/mol. The van der Waals surface area contributed by atoms with Crippen molar-refractivity contribution < 1.29 is 4.39 Å². The van der Waals surface area contributed by atoms with Crippen molar-refractivity contribution in [3.8, 4) is 22.5 Å². The first-order chi connectivity index (χ1) is 18.0. The number of fused-ring (bicyclic) bond motifs is 1. The van der Waals surface area contributed by atoms with Gasteiger partial charge in [0.2, 0.25) is 5.95 Å². The van der Waals surface area contributed by atoms with E-state index in [0.717, 1.165) is 73.0 Å². The maximum absolute atomic E-state index is 13.9. The smallest absolute Gasteiger partial charge is 0.223 e. The van der Waals surface area contributed by atoms with Crippen LogP contribution in [0.2, 0.25) is 0 Å². The van der Waals surface area contributed by atoms with Gasteiger partial charge in [0.15, 0.2) is 0 Å². The van der Waals surface area contributed by atoms with Gasteiger partial charge in [0.25, 0.3) is 0 Å². The average Bonchev–Trinajstić information content (AvgIpc) is 3.65. The average molecular weight is 693 g/mol. The SMILES string of the molecule is Fc1ccc(-c2nn3c(NC4CCCC4)c(Br)cc(Br)c3c2-c2nc(NC3CCCC3)ncc2Br)cc1. The molecule has 10 heteroatoms. The van der Waals surface area contributed by atoms with E-state index >= 15 is 0 Å². The summed E-state index contributed by atoms with van der Waals surface area (Å²) in [5.74, 6) is 1.22. The van der Waals surface area contributed by atoms with Crippen LogP contribution < -0.4 is 10.6 Å². The number of halogens is 4. The van der Waals surface area contributed by atoms with Crippen molar-refractivity contribution in [3.63, 3.8) is 0 Å². The highest BCUT2D eigenvalue weighted by atomic mass is 79.9. The molecule has 2 aliphatic rings. The summed E-state index contributed by atoms with van der Waals surface area (Å²) in [6.07, 6.45) is 11.2. The molecule has 37 heavy (non-hydrogen) atoms. The fraction of sp³-hybridized carbons (Fsp3) is 0.370. The molecule has 0 bridgehead atoms. The topological polar surface area (TPSA) is 67.1 Å². The van der Waals surface area contributed by atoms with Crippen LogP contribution in [0.1, 0.15) is 51.4 Å². The van der Waals surface area contributed by atoms with Gasteiger partial charge in [-0.1, -0.05) is 25.7 Å². The van der Waals surface area contributed by atoms with Gasteiger partial charge in [0.05, 0.1) is 25.7 Å². The standard InChI is InChI=1S/C27H26Br3FN6/c28-19-13-20(29)26(33-17-5-1-2-6-17)37-25(19)22(23(36-37)15-9-11-16(31)12-10-15)24-21(30)14-32-27(35-24)34-18-7-3-4-8-18/h9-14,17-18,33H,1-8H2,(H,32,34,35). The summed E-state index contributed by atoms with van der Waals surface area (Å²) < 4.78 is 18.4. The molecule has 0 saturated heterocycles. The molecule has 0 spiro atoms. The predicted octanol–water partition coefficient (Wildman–Crippen LogP) is 8.59. The summed E-state index contributed by atoms with van der Waals surface area (Å²) in [5, 5.41) is 12.3. The second kappa shape index (κ2) is 10.6. The molecule has 0 unspecified atom stereocenters. The molecule has 2 saturated carbocycles. The minimum Gasteiger partial charge on any atom is -0.366 e. The molecular weight excluding hydrogens is 667 g/mol. The number of nitrogens with zero attached hydrogens (tertiary/aromatic N) is 4. The normalized spacial score (nSPS) is 16.6. The summed E-state index contributed by atoms with van der Waals surface area (Å²) in [6.45, 7) is 0. The third-order valence-electron chi connectivity index (χ3n) is 7.29. The Morgan fingerprint density at radius 3 is 2.14 bits per heavy atom. The lowest BCUT2D eigenvalue weighted by atomic mass is 10.0. The molecule has 3 aromatic heterocycles. The summed E-state index contributed by atoms with van der Waals surface area (Å²) in [6, 6.07) is 9.30. The minimum atomic E-state index is -0.284. The van der Waals surface area contributed by atoms with Crippen LogP contribution in [0, 0.1) is 5.82 Å². The van der Waals surface area contributed by atoms with Gasteiger partial charge in [-0.3, -0.25) is 0 Å². The van der Waals surface area contributed by atoms with Crippen molar-refractivity contribution in [3.05, 3.63) is 55.8 Å². The molecule has 6 rings (SSSR count). The third-order valence-corrected chi connectivity index (χ3v) is 9.08. The Kier molecular flexibility index (Phi) is 7.24. The Labute approximate surface area is 240 Å². The zero-order valence-electron chi connectivity index (χ0n) is 20.1. The Bertz CT molecular complexity index is 1440. The van der Waals surface area contributed by atoms with E-state index in [-0.39, 0.29) is 5.82 Å². The van der Waals surface area contributed by atoms with Crippen LogP contribution in [0.4, 0.5) is 16.2 Å². The van der Waals surface area contributed by atoms with Crippen LogP contribution in [-0.4, -0.2) is 31.7 Å². The molecular formula is C27H26Br3FN6. The van der Waals surface area contributed by atoms with Gasteiger partial charge in [-0.25, -0.2) is 18.9 Å². The van der Waals surface area contributed by atoms with Gasteiger partial charge in [-0.2, -0.15) is 5.10 Å². The second-order valence-corrected chi connectivity index (χ2v) is 12.4. The van der Waals surface area contributed by atoms with Crippen molar-refractivity contribution in [2.24, 2.45) is 0 Å². The second-order valence-electron chi connectivity index (χ2n) is 9.82. The van der Waals surface area contributed by atoms with E-state index in [9.17, 15) is 4.39 Å². The van der Waals surface area contributed by atoms with Crippen LogP contribution in [0.25, 0.3) is 28.0 Å². The lowest BCUT2D eigenvalue weighted by molar-refractivity contribution is 0.628. The van der Waals surface area contributed by atoms with Crippen molar-refractivity contribution in [1.29, 1.82) is 0 Å². The summed E-state index contributed by atoms with van der Waals surface area (Å²) >= 11 is 11.3. The minimum absolute atomic E-state index is 0.284. The molecule has 2 N–H and O–H groups in total. The summed E-state index contributed by atoms with van der Waals surface area (Å²) in [7, 11) is 0. The fourth-order valence-corrected chi connectivity index (χ4v) is 7.24. The molecule has 0 atom stereocenters. The number of rotatable bonds is 6. The first kappa shape index (κ1) is 25.2. The predicted molar refractivity (Wildman–Crippen MR) is 156 cm³/mol. The van der Waals surface area contributed by atoms with E-state index in [4.69, 9.17) is 10.1 Å². The molecule has 192 valence electrons. The Hall–Kier alpha value is -2.04. The van der Waals surface area contributed by atoms with Crippen LogP contribution in [-0.2, 0) is 0 Å². The zero-order chi connectivity index (χ0) is 25.5. The molecule has 0 amide bonds. The van der Waals surface area contributed by atoms with E-state index in [2.05, 4.69) is 69.5 Å². The maximum Gasteiger partial charge on any atom is 0.223 e. The first-order valence-electron chi connectivity index (χ1n) is 12.7. The van der Waals surface area contributed by atoms with Crippen LogP contribution in [0.3, 0.4) is 0 Å². The highest BCUT2D eigenvalue weighted by Crippen LogP contribution is 2.43. The Balaban J connectivity index is 1.57. The molecule has 2 aliphatic carbocycles. The van der Waals surface area contributed by atoms with Gasteiger partial charge in [0, 0.05) is 28.3 Å². The highest BCUT2D eigenvalue weighted by molar-refractivity contribution is 9.11. The van der Waals surface area contributed by atoms with Gasteiger partial charge in [0.1, 0.15) is 17.3 Å². The van der Waals surface area contributed by atoms with E-state index in [1.165, 1.54) is 37.8 Å². The Morgan fingerprint density at radius 2 is 1.46 bits per heavy atom. The number of anilines is 2. The number of hydrogen-bond donors (Lipinski definition) is 2. The highest BCUT2D eigenvalue weighted by Gasteiger charge is 2.27. The van der Waals surface area contributed by atoms with E-state index in [0.29, 0.717) is 18.0 Å². The fourth-order valence-electron chi connectivity index (χ4n) is 5.44. The number of pyridine rings is 1. The third kappa shape index (κ3) is 5.04. The van der Waals surface area contributed by atoms with Gasteiger partial charge in [-0.15, -0.1) is 0 Å². The van der Waals surface area contributed by atoms with Crippen LogP contribution in [0.5, 0.6) is 0 Å². The molecule has 2 fully saturated rings. The Morgan fingerprint density at radius 1 is 0.811 bits per heavy atom. The van der Waals surface area contributed by atoms with Crippen molar-refractivity contribution in [2.75, 3.05) is 10.6 Å². The number of aromatic nitrogens is 4. The largest absolute Gasteiger partial charge is 0.366 e. The van der Waals surface area contributed by atoms with Gasteiger partial charge in [-0.05, 0) is 104 Å². The summed E-state index contributed by atoms with van der Waals surface area (Å²) in [5.41, 5.74) is 4.00. The molecule has 0 radical (unpaired) electrons. The van der Waals surface area contributed by atoms with Crippen LogP contribution in [0.15, 0.2) is 49.9 Å². The van der Waals surface area contributed by atoms with Crippen molar-refractivity contribution in [1.82, 2.24) is 19.6 Å². The van der Waals surface area contributed by atoms with E-state index < -0.39 is 0 Å². The molecule has 4 aromatic rings. The molecule has 1 aromatic carbocycles. The number of nitrogens with one attached hydrogen (secondary N) is 2. The molecule has 3 heterocycles. The van der Waals surface area contributed by atoms with E-state index in [1.807, 2.05) is 4.52 Å². The van der Waals surface area contributed by atoms with Gasteiger partial charge >= 0.3 is 0 Å². The maximum atomic E-state index is 13.9.